The van der Waals surface area contributed by atoms with Gasteiger partial charge in [0.2, 0.25) is 0 Å². The molecule has 0 saturated heterocycles. The third kappa shape index (κ3) is 4.63. The highest BCUT2D eigenvalue weighted by Gasteiger charge is 2.28. The summed E-state index contributed by atoms with van der Waals surface area (Å²) in [4.78, 5) is 1.23. The van der Waals surface area contributed by atoms with E-state index in [2.05, 4.69) is 0 Å². The van der Waals surface area contributed by atoms with Gasteiger partial charge in [-0.3, -0.25) is 4.90 Å². The van der Waals surface area contributed by atoms with E-state index in [1.54, 1.807) is 12.1 Å². The van der Waals surface area contributed by atoms with Crippen LogP contribution in [0.2, 0.25) is 0 Å². The summed E-state index contributed by atoms with van der Waals surface area (Å²) in [5.74, 6) is 0. The van der Waals surface area contributed by atoms with Crippen molar-refractivity contribution in [3.8, 4) is 0 Å². The molecule has 1 rings (SSSR count). The lowest BCUT2D eigenvalue weighted by atomic mass is 10.1. The Morgan fingerprint density at radius 2 is 1.62 bits per heavy atom. The summed E-state index contributed by atoms with van der Waals surface area (Å²) in [7, 11) is 1.45. The topological polar surface area (TPSA) is 29.3 Å². The first-order chi connectivity index (χ1) is 7.40. The Kier molecular flexibility index (Phi) is 4.32. The van der Waals surface area contributed by atoms with Crippen LogP contribution in [0.5, 0.6) is 0 Å². The highest BCUT2D eigenvalue weighted by Crippen LogP contribution is 2.17. The standard InChI is InChI=1S/C11H15F3N2/c1-16(8-11(12,13)14)7-10-4-2-9(6-15)3-5-10/h2-5H,6-8,15H2,1H3. The second-order valence-corrected chi connectivity index (χ2v) is 3.81. The van der Waals surface area contributed by atoms with Crippen molar-refractivity contribution in [1.29, 1.82) is 0 Å². The summed E-state index contributed by atoms with van der Waals surface area (Å²) < 4.78 is 36.2. The monoisotopic (exact) mass is 232 g/mol. The number of alkyl halides is 3. The molecule has 0 spiro atoms. The van der Waals surface area contributed by atoms with Gasteiger partial charge >= 0.3 is 6.18 Å². The number of hydrogen-bond acceptors (Lipinski definition) is 2. The minimum Gasteiger partial charge on any atom is -0.326 e. The molecule has 0 atom stereocenters. The van der Waals surface area contributed by atoms with Gasteiger partial charge in [-0.05, 0) is 18.2 Å². The number of rotatable bonds is 4. The Hall–Kier alpha value is -1.07. The van der Waals surface area contributed by atoms with E-state index in [0.717, 1.165) is 11.1 Å². The minimum atomic E-state index is -4.15. The molecule has 0 aliphatic carbocycles. The van der Waals surface area contributed by atoms with E-state index in [9.17, 15) is 13.2 Å². The fraction of sp³-hybridized carbons (Fsp3) is 0.455. The first-order valence-electron chi connectivity index (χ1n) is 4.94. The summed E-state index contributed by atoms with van der Waals surface area (Å²) in [5.41, 5.74) is 7.25. The van der Waals surface area contributed by atoms with Gasteiger partial charge < -0.3 is 5.73 Å². The maximum absolute atomic E-state index is 12.1. The van der Waals surface area contributed by atoms with Crippen molar-refractivity contribution in [1.82, 2.24) is 4.90 Å². The SMILES string of the molecule is CN(Cc1ccc(CN)cc1)CC(F)(F)F. The second-order valence-electron chi connectivity index (χ2n) is 3.81. The van der Waals surface area contributed by atoms with Gasteiger partial charge in [-0.2, -0.15) is 13.2 Å². The van der Waals surface area contributed by atoms with Gasteiger partial charge in [0.05, 0.1) is 6.54 Å². The summed E-state index contributed by atoms with van der Waals surface area (Å²) in [6, 6.07) is 7.26. The molecule has 0 saturated carbocycles. The van der Waals surface area contributed by atoms with Crippen LogP contribution in [0.1, 0.15) is 11.1 Å². The van der Waals surface area contributed by atoms with Gasteiger partial charge in [-0.1, -0.05) is 24.3 Å². The Balaban J connectivity index is 2.53. The average molecular weight is 232 g/mol. The van der Waals surface area contributed by atoms with E-state index < -0.39 is 12.7 Å². The number of benzene rings is 1. The molecule has 1 aromatic rings. The van der Waals surface area contributed by atoms with E-state index in [1.807, 2.05) is 12.1 Å². The van der Waals surface area contributed by atoms with Gasteiger partial charge in [-0.15, -0.1) is 0 Å². The lowest BCUT2D eigenvalue weighted by Crippen LogP contribution is -2.30. The summed E-state index contributed by atoms with van der Waals surface area (Å²) in [6.07, 6.45) is -4.15. The molecular weight excluding hydrogens is 217 g/mol. The Labute approximate surface area is 92.9 Å². The first-order valence-corrected chi connectivity index (χ1v) is 4.94. The maximum Gasteiger partial charge on any atom is 0.401 e. The lowest BCUT2D eigenvalue weighted by molar-refractivity contribution is -0.144. The van der Waals surface area contributed by atoms with Crippen molar-refractivity contribution in [3.05, 3.63) is 35.4 Å². The molecule has 0 bridgehead atoms. The molecule has 0 aliphatic rings. The zero-order valence-electron chi connectivity index (χ0n) is 9.09. The summed E-state index contributed by atoms with van der Waals surface area (Å²) in [5, 5.41) is 0. The van der Waals surface area contributed by atoms with Crippen LogP contribution in [-0.4, -0.2) is 24.7 Å². The molecule has 0 radical (unpaired) electrons. The van der Waals surface area contributed by atoms with Crippen molar-refractivity contribution < 1.29 is 13.2 Å². The molecule has 0 amide bonds. The van der Waals surface area contributed by atoms with Crippen LogP contribution in [0, 0.1) is 0 Å². The normalized spacial score (nSPS) is 12.1. The zero-order chi connectivity index (χ0) is 12.2. The lowest BCUT2D eigenvalue weighted by Gasteiger charge is -2.18. The van der Waals surface area contributed by atoms with Gasteiger partial charge in [-0.25, -0.2) is 0 Å². The van der Waals surface area contributed by atoms with Crippen LogP contribution in [-0.2, 0) is 13.1 Å². The third-order valence-corrected chi connectivity index (χ3v) is 2.16. The summed E-state index contributed by atoms with van der Waals surface area (Å²) >= 11 is 0. The molecule has 90 valence electrons. The number of nitrogens with zero attached hydrogens (tertiary/aromatic N) is 1. The molecule has 1 aromatic carbocycles. The minimum absolute atomic E-state index is 0.282. The van der Waals surface area contributed by atoms with Crippen molar-refractivity contribution >= 4 is 0 Å². The first kappa shape index (κ1) is 13.0. The van der Waals surface area contributed by atoms with Gasteiger partial charge in [0.15, 0.2) is 0 Å². The van der Waals surface area contributed by atoms with Gasteiger partial charge in [0.25, 0.3) is 0 Å². The quantitative estimate of drug-likeness (QED) is 0.861. The highest BCUT2D eigenvalue weighted by atomic mass is 19.4. The number of halogens is 3. The predicted octanol–water partition coefficient (Wildman–Crippen LogP) is 2.14. The van der Waals surface area contributed by atoms with Crippen molar-refractivity contribution in [2.24, 2.45) is 5.73 Å². The van der Waals surface area contributed by atoms with Gasteiger partial charge in [0, 0.05) is 13.1 Å². The molecule has 0 aliphatic heterocycles. The zero-order valence-corrected chi connectivity index (χ0v) is 9.09. The largest absolute Gasteiger partial charge is 0.401 e. The van der Waals surface area contributed by atoms with E-state index in [1.165, 1.54) is 11.9 Å². The van der Waals surface area contributed by atoms with Gasteiger partial charge in [0.1, 0.15) is 0 Å². The fourth-order valence-corrected chi connectivity index (χ4v) is 1.45. The van der Waals surface area contributed by atoms with Crippen LogP contribution in [0.4, 0.5) is 13.2 Å². The molecular formula is C11H15F3N2. The van der Waals surface area contributed by atoms with Crippen molar-refractivity contribution in [2.75, 3.05) is 13.6 Å². The van der Waals surface area contributed by atoms with Crippen LogP contribution in [0.25, 0.3) is 0 Å². The molecule has 0 fully saturated rings. The molecule has 2 N–H and O–H groups in total. The second kappa shape index (κ2) is 5.32. The Bertz CT molecular complexity index is 319. The van der Waals surface area contributed by atoms with E-state index >= 15 is 0 Å². The van der Waals surface area contributed by atoms with E-state index in [4.69, 9.17) is 5.73 Å². The average Bonchev–Trinajstić information content (AvgIpc) is 2.16. The van der Waals surface area contributed by atoms with Crippen LogP contribution in [0.3, 0.4) is 0 Å². The molecule has 16 heavy (non-hydrogen) atoms. The van der Waals surface area contributed by atoms with Crippen molar-refractivity contribution in [2.45, 2.75) is 19.3 Å². The molecule has 0 heterocycles. The smallest absolute Gasteiger partial charge is 0.326 e. The Morgan fingerprint density at radius 1 is 1.12 bits per heavy atom. The third-order valence-electron chi connectivity index (χ3n) is 2.16. The predicted molar refractivity (Wildman–Crippen MR) is 56.7 cm³/mol. The number of hydrogen-bond donors (Lipinski definition) is 1. The highest BCUT2D eigenvalue weighted by molar-refractivity contribution is 5.22. The maximum atomic E-state index is 12.1. The van der Waals surface area contributed by atoms with Crippen LogP contribution in [0.15, 0.2) is 24.3 Å². The van der Waals surface area contributed by atoms with E-state index in [0.29, 0.717) is 6.54 Å². The Morgan fingerprint density at radius 3 is 2.06 bits per heavy atom. The summed E-state index contributed by atoms with van der Waals surface area (Å²) in [6.45, 7) is -0.172. The van der Waals surface area contributed by atoms with Crippen LogP contribution >= 0.6 is 0 Å². The fourth-order valence-electron chi connectivity index (χ4n) is 1.45. The van der Waals surface area contributed by atoms with Crippen LogP contribution < -0.4 is 5.73 Å². The van der Waals surface area contributed by atoms with Crippen molar-refractivity contribution in [3.63, 3.8) is 0 Å². The molecule has 5 heteroatoms. The number of nitrogens with two attached hydrogens (primary N) is 1. The molecule has 0 unspecified atom stereocenters. The molecule has 2 nitrogen and oxygen atoms in total. The van der Waals surface area contributed by atoms with E-state index in [-0.39, 0.29) is 6.54 Å². The molecule has 0 aromatic heterocycles.